The fraction of sp³-hybridized carbons (Fsp3) is 0.292. The normalized spacial score (nSPS) is 11.2. The van der Waals surface area contributed by atoms with Gasteiger partial charge in [0.2, 0.25) is 5.88 Å². The van der Waals surface area contributed by atoms with Crippen molar-refractivity contribution < 1.29 is 9.15 Å². The van der Waals surface area contributed by atoms with Crippen LogP contribution in [0.4, 0.5) is 0 Å². The molecular weight excluding hydrogens is 442 g/mol. The van der Waals surface area contributed by atoms with E-state index in [0.717, 1.165) is 17.1 Å². The van der Waals surface area contributed by atoms with E-state index in [1.165, 1.54) is 10.8 Å². The lowest BCUT2D eigenvalue weighted by molar-refractivity contribution is 0.284. The quantitative estimate of drug-likeness (QED) is 0.397. The molecule has 4 rings (SSSR count). The third-order valence-electron chi connectivity index (χ3n) is 5.13. The third-order valence-corrected chi connectivity index (χ3v) is 5.45. The van der Waals surface area contributed by atoms with Crippen LogP contribution in [0.15, 0.2) is 45.9 Å². The molecule has 0 spiro atoms. The minimum atomic E-state index is -0.265. The van der Waals surface area contributed by atoms with E-state index in [9.17, 15) is 4.79 Å². The Kier molecular flexibility index (Phi) is 6.29. The van der Waals surface area contributed by atoms with Gasteiger partial charge in [0.1, 0.15) is 30.2 Å². The summed E-state index contributed by atoms with van der Waals surface area (Å²) in [6.07, 6.45) is 3.25. The van der Waals surface area contributed by atoms with Crippen molar-refractivity contribution in [2.75, 3.05) is 0 Å². The van der Waals surface area contributed by atoms with E-state index in [-0.39, 0.29) is 24.0 Å². The Balaban J connectivity index is 1.73. The molecule has 0 amide bonds. The molecule has 0 fully saturated rings. The number of benzene rings is 1. The van der Waals surface area contributed by atoms with Crippen molar-refractivity contribution in [2.45, 2.75) is 47.1 Å². The Morgan fingerprint density at radius 1 is 1.12 bits per heavy atom. The molecule has 170 valence electrons. The zero-order valence-corrected chi connectivity index (χ0v) is 19.8. The summed E-state index contributed by atoms with van der Waals surface area (Å²) in [7, 11) is 0. The zero-order chi connectivity index (χ0) is 23.7. The summed E-state index contributed by atoms with van der Waals surface area (Å²) >= 11 is 6.51. The fourth-order valence-electron chi connectivity index (χ4n) is 3.38. The molecular formula is C24H24ClN5O3. The molecule has 0 aliphatic heterocycles. The van der Waals surface area contributed by atoms with Crippen LogP contribution < -0.4 is 10.3 Å². The number of aryl methyl sites for hydroxylation is 2. The molecule has 8 nitrogen and oxygen atoms in total. The largest absolute Gasteiger partial charge is 0.471 e. The Morgan fingerprint density at radius 3 is 2.61 bits per heavy atom. The summed E-state index contributed by atoms with van der Waals surface area (Å²) < 4.78 is 12.4. The van der Waals surface area contributed by atoms with Crippen molar-refractivity contribution in [3.05, 3.63) is 80.9 Å². The lowest BCUT2D eigenvalue weighted by Crippen LogP contribution is -2.25. The van der Waals surface area contributed by atoms with E-state index >= 15 is 0 Å². The minimum absolute atomic E-state index is 0.149. The van der Waals surface area contributed by atoms with Gasteiger partial charge in [0.15, 0.2) is 5.89 Å². The van der Waals surface area contributed by atoms with E-state index in [0.29, 0.717) is 33.7 Å². The Labute approximate surface area is 196 Å². The highest BCUT2D eigenvalue weighted by atomic mass is 35.5. The molecule has 0 atom stereocenters. The first-order valence-corrected chi connectivity index (χ1v) is 10.9. The maximum atomic E-state index is 13.3. The van der Waals surface area contributed by atoms with Gasteiger partial charge in [-0.15, -0.1) is 0 Å². The number of oxazole rings is 1. The molecule has 4 aromatic rings. The number of rotatable bonds is 6. The molecule has 0 aliphatic rings. The monoisotopic (exact) mass is 465 g/mol. The van der Waals surface area contributed by atoms with Gasteiger partial charge in [-0.3, -0.25) is 9.36 Å². The van der Waals surface area contributed by atoms with Gasteiger partial charge in [-0.2, -0.15) is 4.98 Å². The van der Waals surface area contributed by atoms with Crippen LogP contribution in [0.3, 0.4) is 0 Å². The second-order valence-electron chi connectivity index (χ2n) is 8.00. The topological polar surface area (TPSA) is 95.9 Å². The van der Waals surface area contributed by atoms with Gasteiger partial charge in [0, 0.05) is 24.6 Å². The second kappa shape index (κ2) is 9.15. The molecule has 1 aromatic carbocycles. The maximum Gasteiger partial charge on any atom is 0.264 e. The predicted octanol–water partition coefficient (Wildman–Crippen LogP) is 4.96. The number of halogens is 1. The van der Waals surface area contributed by atoms with E-state index in [1.54, 1.807) is 33.0 Å². The average molecular weight is 466 g/mol. The highest BCUT2D eigenvalue weighted by Gasteiger charge is 2.17. The Hall–Kier alpha value is -3.52. The van der Waals surface area contributed by atoms with E-state index in [4.69, 9.17) is 20.8 Å². The van der Waals surface area contributed by atoms with E-state index < -0.39 is 0 Å². The van der Waals surface area contributed by atoms with Crippen molar-refractivity contribution in [1.82, 2.24) is 24.5 Å². The van der Waals surface area contributed by atoms with Crippen LogP contribution in [0.5, 0.6) is 5.88 Å². The molecule has 0 N–H and O–H groups in total. The first-order chi connectivity index (χ1) is 15.7. The summed E-state index contributed by atoms with van der Waals surface area (Å²) in [5.74, 6) is 2.19. The van der Waals surface area contributed by atoms with Crippen LogP contribution in [-0.4, -0.2) is 24.5 Å². The summed E-state index contributed by atoms with van der Waals surface area (Å²) in [6, 6.07) is 7.29. The SMILES string of the molecule is Cc1nc(COc2nc(C)n(-c3cc(-c4ccnc(C(C)C)n4)ccc3Cl)c(=O)c2C)co1. The first kappa shape index (κ1) is 22.7. The van der Waals surface area contributed by atoms with Gasteiger partial charge in [-0.1, -0.05) is 31.5 Å². The minimum Gasteiger partial charge on any atom is -0.471 e. The number of nitrogens with zero attached hydrogens (tertiary/aromatic N) is 5. The fourth-order valence-corrected chi connectivity index (χ4v) is 3.59. The third kappa shape index (κ3) is 4.66. The van der Waals surface area contributed by atoms with Gasteiger partial charge in [0.05, 0.1) is 22.0 Å². The van der Waals surface area contributed by atoms with Crippen molar-refractivity contribution in [1.29, 1.82) is 0 Å². The molecule has 0 unspecified atom stereocenters. The Morgan fingerprint density at radius 2 is 1.91 bits per heavy atom. The van der Waals surface area contributed by atoms with Gasteiger partial charge < -0.3 is 9.15 Å². The maximum absolute atomic E-state index is 13.3. The highest BCUT2D eigenvalue weighted by molar-refractivity contribution is 6.32. The summed E-state index contributed by atoms with van der Waals surface area (Å²) in [5, 5.41) is 0.426. The number of ether oxygens (including phenoxy) is 1. The lowest BCUT2D eigenvalue weighted by Gasteiger charge is -2.16. The second-order valence-corrected chi connectivity index (χ2v) is 8.40. The van der Waals surface area contributed by atoms with Gasteiger partial charge in [0.25, 0.3) is 5.56 Å². The van der Waals surface area contributed by atoms with Crippen LogP contribution in [0.1, 0.15) is 48.6 Å². The molecule has 9 heteroatoms. The predicted molar refractivity (Wildman–Crippen MR) is 125 cm³/mol. The van der Waals surface area contributed by atoms with Crippen LogP contribution >= 0.6 is 11.6 Å². The lowest BCUT2D eigenvalue weighted by atomic mass is 10.1. The molecule has 0 bridgehead atoms. The van der Waals surface area contributed by atoms with Crippen LogP contribution in [0, 0.1) is 20.8 Å². The van der Waals surface area contributed by atoms with Crippen LogP contribution in [0.2, 0.25) is 5.02 Å². The van der Waals surface area contributed by atoms with Crippen LogP contribution in [0.25, 0.3) is 16.9 Å². The molecule has 0 radical (unpaired) electrons. The summed E-state index contributed by atoms with van der Waals surface area (Å²) in [4.78, 5) is 31.0. The van der Waals surface area contributed by atoms with Gasteiger partial charge >= 0.3 is 0 Å². The molecule has 33 heavy (non-hydrogen) atoms. The molecule has 3 heterocycles. The van der Waals surface area contributed by atoms with Crippen molar-refractivity contribution in [3.63, 3.8) is 0 Å². The van der Waals surface area contributed by atoms with E-state index in [2.05, 4.69) is 19.9 Å². The smallest absolute Gasteiger partial charge is 0.264 e. The highest BCUT2D eigenvalue weighted by Crippen LogP contribution is 2.28. The van der Waals surface area contributed by atoms with Gasteiger partial charge in [-0.05, 0) is 32.0 Å². The Bertz CT molecular complexity index is 1380. The zero-order valence-electron chi connectivity index (χ0n) is 19.1. The van der Waals surface area contributed by atoms with Crippen molar-refractivity contribution in [2.24, 2.45) is 0 Å². The summed E-state index contributed by atoms with van der Waals surface area (Å²) in [6.45, 7) is 9.39. The number of aromatic nitrogens is 5. The van der Waals surface area contributed by atoms with Gasteiger partial charge in [-0.25, -0.2) is 15.0 Å². The number of hydrogen-bond acceptors (Lipinski definition) is 7. The number of hydrogen-bond donors (Lipinski definition) is 0. The van der Waals surface area contributed by atoms with Crippen molar-refractivity contribution >= 4 is 11.6 Å². The molecule has 0 saturated carbocycles. The average Bonchev–Trinajstić information content (AvgIpc) is 3.21. The summed E-state index contributed by atoms with van der Waals surface area (Å²) in [5.41, 5.74) is 2.83. The standard InChI is InChI=1S/C24H24ClN5O3/c1-13(2)22-26-9-8-20(29-22)17-6-7-19(25)21(10-17)30-15(4)27-23(14(3)24(30)31)33-12-18-11-32-16(5)28-18/h6-11,13H,12H2,1-5H3. The molecule has 0 saturated heterocycles. The van der Waals surface area contributed by atoms with Crippen molar-refractivity contribution in [3.8, 4) is 22.8 Å². The first-order valence-electron chi connectivity index (χ1n) is 10.5. The molecule has 3 aromatic heterocycles. The van der Waals surface area contributed by atoms with E-state index in [1.807, 2.05) is 32.0 Å². The molecule has 0 aliphatic carbocycles. The van der Waals surface area contributed by atoms with Crippen LogP contribution in [-0.2, 0) is 6.61 Å².